The number of fused-ring (bicyclic) bond motifs is 1. The van der Waals surface area contributed by atoms with Crippen molar-refractivity contribution in [2.75, 3.05) is 26.7 Å². The number of rotatable bonds is 8. The van der Waals surface area contributed by atoms with Crippen LogP contribution in [-0.4, -0.2) is 53.4 Å². The van der Waals surface area contributed by atoms with Crippen LogP contribution in [0.4, 0.5) is 0 Å². The number of hydrogen-bond donors (Lipinski definition) is 2. The molecule has 32 heavy (non-hydrogen) atoms. The fourth-order valence-electron chi connectivity index (χ4n) is 4.31. The van der Waals surface area contributed by atoms with E-state index in [4.69, 9.17) is 4.74 Å². The normalized spacial score (nSPS) is 14.5. The SMILES string of the molecule is COc1cccc(C(=O)N2CCC(CCCCNC(=O)c3cc4cnccc4[nH]3)CC2)c1. The van der Waals surface area contributed by atoms with Gasteiger partial charge in [0.05, 0.1) is 7.11 Å². The first-order valence-corrected chi connectivity index (χ1v) is 11.3. The third-order valence-corrected chi connectivity index (χ3v) is 6.21. The third kappa shape index (κ3) is 5.28. The topological polar surface area (TPSA) is 87.3 Å². The van der Waals surface area contributed by atoms with Gasteiger partial charge < -0.3 is 19.9 Å². The zero-order valence-electron chi connectivity index (χ0n) is 18.5. The van der Waals surface area contributed by atoms with Gasteiger partial charge in [-0.15, -0.1) is 0 Å². The van der Waals surface area contributed by atoms with Crippen molar-refractivity contribution in [1.29, 1.82) is 0 Å². The average molecular weight is 435 g/mol. The van der Waals surface area contributed by atoms with Crippen molar-refractivity contribution in [3.63, 3.8) is 0 Å². The van der Waals surface area contributed by atoms with Gasteiger partial charge >= 0.3 is 0 Å². The first-order chi connectivity index (χ1) is 15.6. The second-order valence-corrected chi connectivity index (χ2v) is 8.37. The fourth-order valence-corrected chi connectivity index (χ4v) is 4.31. The molecule has 7 nitrogen and oxygen atoms in total. The Morgan fingerprint density at radius 3 is 2.81 bits per heavy atom. The van der Waals surface area contributed by atoms with Gasteiger partial charge in [0, 0.05) is 48.5 Å². The molecule has 2 N–H and O–H groups in total. The van der Waals surface area contributed by atoms with Crippen molar-refractivity contribution in [3.05, 3.63) is 60.0 Å². The maximum Gasteiger partial charge on any atom is 0.267 e. The first kappa shape index (κ1) is 21.9. The predicted molar refractivity (Wildman–Crippen MR) is 124 cm³/mol. The summed E-state index contributed by atoms with van der Waals surface area (Å²) in [4.78, 5) is 34.2. The van der Waals surface area contributed by atoms with Crippen LogP contribution in [0, 0.1) is 5.92 Å². The Hall–Kier alpha value is -3.35. The summed E-state index contributed by atoms with van der Waals surface area (Å²) >= 11 is 0. The maximum atomic E-state index is 12.7. The van der Waals surface area contributed by atoms with E-state index in [9.17, 15) is 9.59 Å². The molecular formula is C25H30N4O3. The summed E-state index contributed by atoms with van der Waals surface area (Å²) < 4.78 is 5.23. The van der Waals surface area contributed by atoms with Gasteiger partial charge in [-0.25, -0.2) is 0 Å². The molecule has 3 aromatic rings. The zero-order chi connectivity index (χ0) is 22.3. The molecule has 2 amide bonds. The molecule has 1 aliphatic heterocycles. The monoisotopic (exact) mass is 434 g/mol. The number of likely N-dealkylation sites (tertiary alicyclic amines) is 1. The average Bonchev–Trinajstić information content (AvgIpc) is 3.28. The van der Waals surface area contributed by atoms with Gasteiger partial charge in [-0.3, -0.25) is 14.6 Å². The van der Waals surface area contributed by atoms with Gasteiger partial charge in [0.2, 0.25) is 0 Å². The number of methoxy groups -OCH3 is 1. The number of hydrogen-bond acceptors (Lipinski definition) is 4. The molecular weight excluding hydrogens is 404 g/mol. The zero-order valence-corrected chi connectivity index (χ0v) is 18.5. The molecule has 3 heterocycles. The number of H-pyrrole nitrogens is 1. The fraction of sp³-hybridized carbons (Fsp3) is 0.400. The molecule has 1 saturated heterocycles. The lowest BCUT2D eigenvalue weighted by atomic mass is 9.91. The second kappa shape index (κ2) is 10.3. The number of unbranched alkanes of at least 4 members (excludes halogenated alkanes) is 1. The van der Waals surface area contributed by atoms with E-state index in [0.29, 0.717) is 29.5 Å². The molecule has 0 bridgehead atoms. The summed E-state index contributed by atoms with van der Waals surface area (Å²) in [5.74, 6) is 1.35. The van der Waals surface area contributed by atoms with Crippen LogP contribution in [-0.2, 0) is 0 Å². The van der Waals surface area contributed by atoms with Gasteiger partial charge in [-0.1, -0.05) is 18.9 Å². The van der Waals surface area contributed by atoms with Crippen LogP contribution in [0.25, 0.3) is 10.9 Å². The third-order valence-electron chi connectivity index (χ3n) is 6.21. The van der Waals surface area contributed by atoms with E-state index >= 15 is 0 Å². The molecule has 4 rings (SSSR count). The number of aromatic amines is 1. The summed E-state index contributed by atoms with van der Waals surface area (Å²) in [7, 11) is 1.61. The summed E-state index contributed by atoms with van der Waals surface area (Å²) in [6.07, 6.45) is 8.69. The molecule has 168 valence electrons. The van der Waals surface area contributed by atoms with Crippen LogP contribution < -0.4 is 10.1 Å². The molecule has 0 unspecified atom stereocenters. The summed E-state index contributed by atoms with van der Waals surface area (Å²) in [5, 5.41) is 3.93. The Kier molecular flexibility index (Phi) is 7.04. The van der Waals surface area contributed by atoms with Crippen LogP contribution in [0.1, 0.15) is 53.0 Å². The highest BCUT2D eigenvalue weighted by molar-refractivity contribution is 5.97. The van der Waals surface area contributed by atoms with Crippen LogP contribution >= 0.6 is 0 Å². The van der Waals surface area contributed by atoms with Crippen molar-refractivity contribution >= 4 is 22.7 Å². The van der Waals surface area contributed by atoms with Gasteiger partial charge in [0.15, 0.2) is 0 Å². The van der Waals surface area contributed by atoms with E-state index in [1.165, 1.54) is 0 Å². The van der Waals surface area contributed by atoms with Gasteiger partial charge in [-0.05, 0) is 55.5 Å². The lowest BCUT2D eigenvalue weighted by molar-refractivity contribution is 0.0685. The Balaban J connectivity index is 1.14. The van der Waals surface area contributed by atoms with E-state index < -0.39 is 0 Å². The minimum absolute atomic E-state index is 0.0782. The van der Waals surface area contributed by atoms with Crippen LogP contribution in [0.3, 0.4) is 0 Å². The molecule has 1 aromatic carbocycles. The van der Waals surface area contributed by atoms with Crippen molar-refractivity contribution < 1.29 is 14.3 Å². The standard InChI is InChI=1S/C25H30N4O3/c1-32-21-7-4-6-19(15-21)25(31)29-13-9-18(10-14-29)5-2-3-11-27-24(30)23-16-20-17-26-12-8-22(20)28-23/h4,6-8,12,15-18,28H,2-3,5,9-11,13-14H2,1H3,(H,27,30). The molecule has 0 radical (unpaired) electrons. The molecule has 1 fully saturated rings. The largest absolute Gasteiger partial charge is 0.497 e. The molecule has 0 saturated carbocycles. The van der Waals surface area contributed by atoms with E-state index in [0.717, 1.165) is 56.1 Å². The molecule has 0 aliphatic carbocycles. The minimum Gasteiger partial charge on any atom is -0.497 e. The highest BCUT2D eigenvalue weighted by atomic mass is 16.5. The quantitative estimate of drug-likeness (QED) is 0.524. The van der Waals surface area contributed by atoms with Crippen LogP contribution in [0.15, 0.2) is 48.8 Å². The van der Waals surface area contributed by atoms with E-state index in [-0.39, 0.29) is 11.8 Å². The number of nitrogens with one attached hydrogen (secondary N) is 2. The smallest absolute Gasteiger partial charge is 0.267 e. The predicted octanol–water partition coefficient (Wildman–Crippen LogP) is 4.02. The van der Waals surface area contributed by atoms with E-state index in [1.807, 2.05) is 35.2 Å². The minimum atomic E-state index is -0.0782. The maximum absolute atomic E-state index is 12.7. The molecule has 1 aliphatic rings. The van der Waals surface area contributed by atoms with Gasteiger partial charge in [0.1, 0.15) is 11.4 Å². The van der Waals surface area contributed by atoms with Crippen molar-refractivity contribution in [2.45, 2.75) is 32.1 Å². The first-order valence-electron chi connectivity index (χ1n) is 11.3. The van der Waals surface area contributed by atoms with Crippen molar-refractivity contribution in [2.24, 2.45) is 5.92 Å². The highest BCUT2D eigenvalue weighted by Gasteiger charge is 2.23. The Morgan fingerprint density at radius 2 is 2.03 bits per heavy atom. The Morgan fingerprint density at radius 1 is 1.19 bits per heavy atom. The number of pyridine rings is 1. The van der Waals surface area contributed by atoms with Crippen LogP contribution in [0.2, 0.25) is 0 Å². The summed E-state index contributed by atoms with van der Waals surface area (Å²) in [6.45, 7) is 2.26. The Bertz CT molecular complexity index is 1040. The van der Waals surface area contributed by atoms with E-state index in [2.05, 4.69) is 15.3 Å². The van der Waals surface area contributed by atoms with E-state index in [1.54, 1.807) is 25.6 Å². The number of aromatic nitrogens is 2. The van der Waals surface area contributed by atoms with Gasteiger partial charge in [-0.2, -0.15) is 0 Å². The number of nitrogens with zero attached hydrogens (tertiary/aromatic N) is 2. The molecule has 0 atom stereocenters. The number of ether oxygens (including phenoxy) is 1. The van der Waals surface area contributed by atoms with Crippen molar-refractivity contribution in [3.8, 4) is 5.75 Å². The number of amides is 2. The van der Waals surface area contributed by atoms with Crippen LogP contribution in [0.5, 0.6) is 5.75 Å². The number of carbonyl (C=O) groups is 2. The lowest BCUT2D eigenvalue weighted by Gasteiger charge is -2.32. The second-order valence-electron chi connectivity index (χ2n) is 8.37. The lowest BCUT2D eigenvalue weighted by Crippen LogP contribution is -2.38. The summed E-state index contributed by atoms with van der Waals surface area (Å²) in [5.41, 5.74) is 2.17. The number of benzene rings is 1. The van der Waals surface area contributed by atoms with Gasteiger partial charge in [0.25, 0.3) is 11.8 Å². The molecule has 2 aromatic heterocycles. The number of piperidine rings is 1. The molecule has 0 spiro atoms. The number of carbonyl (C=O) groups excluding carboxylic acids is 2. The summed E-state index contributed by atoms with van der Waals surface area (Å²) in [6, 6.07) is 11.0. The highest BCUT2D eigenvalue weighted by Crippen LogP contribution is 2.24. The van der Waals surface area contributed by atoms with Crippen molar-refractivity contribution in [1.82, 2.24) is 20.2 Å². The molecule has 7 heteroatoms. The Labute approximate surface area is 188 Å².